The molecule has 0 amide bonds. The van der Waals surface area contributed by atoms with Gasteiger partial charge in [0.15, 0.2) is 0 Å². The van der Waals surface area contributed by atoms with Crippen LogP contribution in [0.2, 0.25) is 0 Å². The van der Waals surface area contributed by atoms with Crippen LogP contribution in [0.3, 0.4) is 0 Å². The minimum Gasteiger partial charge on any atom is -0.266 e. The van der Waals surface area contributed by atoms with Gasteiger partial charge in [0.2, 0.25) is 0 Å². The number of nitro groups is 2. The van der Waals surface area contributed by atoms with E-state index >= 15 is 0 Å². The van der Waals surface area contributed by atoms with Gasteiger partial charge in [0, 0.05) is 12.6 Å². The zero-order valence-electron chi connectivity index (χ0n) is 11.2. The molecule has 0 aliphatic heterocycles. The summed E-state index contributed by atoms with van der Waals surface area (Å²) >= 11 is 0. The van der Waals surface area contributed by atoms with Crippen LogP contribution in [-0.4, -0.2) is 16.4 Å². The van der Waals surface area contributed by atoms with Crippen molar-refractivity contribution >= 4 is 17.1 Å². The molecule has 0 bridgehead atoms. The van der Waals surface area contributed by atoms with Crippen molar-refractivity contribution < 1.29 is 9.85 Å². The van der Waals surface area contributed by atoms with Crippen molar-refractivity contribution in [1.29, 1.82) is 0 Å². The summed E-state index contributed by atoms with van der Waals surface area (Å²) in [4.78, 5) is 20.1. The van der Waals surface area contributed by atoms with E-state index in [1.807, 2.05) is 0 Å². The van der Waals surface area contributed by atoms with Crippen LogP contribution in [0.25, 0.3) is 0 Å². The second kappa shape index (κ2) is 7.39. The van der Waals surface area contributed by atoms with Gasteiger partial charge in [-0.05, 0) is 18.3 Å². The number of non-ortho nitro benzene ring substituents is 1. The van der Waals surface area contributed by atoms with Crippen molar-refractivity contribution in [2.45, 2.75) is 32.6 Å². The van der Waals surface area contributed by atoms with Gasteiger partial charge in [-0.3, -0.25) is 25.2 Å². The fourth-order valence-corrected chi connectivity index (χ4v) is 1.80. The minimum absolute atomic E-state index is 0.0305. The third kappa shape index (κ3) is 4.16. The molecule has 0 saturated heterocycles. The van der Waals surface area contributed by atoms with Gasteiger partial charge in [0.05, 0.1) is 15.9 Å². The van der Waals surface area contributed by atoms with Crippen molar-refractivity contribution in [2.24, 2.45) is 0 Å². The van der Waals surface area contributed by atoms with Gasteiger partial charge in [-0.2, -0.15) is 0 Å². The Hall–Kier alpha value is -2.22. The number of hydrogen-bond donors (Lipinski definition) is 0. The van der Waals surface area contributed by atoms with E-state index in [0.717, 1.165) is 36.4 Å². The molecule has 0 spiro atoms. The lowest BCUT2D eigenvalue weighted by Crippen LogP contribution is -2.22. The van der Waals surface area contributed by atoms with Crippen molar-refractivity contribution in [3.05, 3.63) is 38.4 Å². The lowest BCUT2D eigenvalue weighted by molar-refractivity contribution is -0.393. The topological polar surface area (TPSA) is 112 Å². The zero-order chi connectivity index (χ0) is 15.1. The van der Waals surface area contributed by atoms with Crippen LogP contribution in [0, 0.1) is 20.2 Å². The maximum atomic E-state index is 10.9. The molecular weight excluding hydrogens is 264 g/mol. The van der Waals surface area contributed by atoms with Gasteiger partial charge >= 0.3 is 5.69 Å². The summed E-state index contributed by atoms with van der Waals surface area (Å²) in [6.45, 7) is 2.30. The summed E-state index contributed by atoms with van der Waals surface area (Å²) in [6, 6.07) is 3.18. The van der Waals surface area contributed by atoms with E-state index in [1.165, 1.54) is 6.07 Å². The second-order valence-electron chi connectivity index (χ2n) is 4.37. The number of unbranched alkanes of at least 4 members (excludes halogenated alkanes) is 3. The molecule has 0 fully saturated rings. The Morgan fingerprint density at radius 1 is 1.15 bits per heavy atom. The van der Waals surface area contributed by atoms with Crippen molar-refractivity contribution in [1.82, 2.24) is 5.84 Å². The summed E-state index contributed by atoms with van der Waals surface area (Å²) in [5.41, 5.74) is -0.880. The predicted octanol–water partition coefficient (Wildman–Crippen LogP) is 2.87. The van der Waals surface area contributed by atoms with Crippen molar-refractivity contribution in [3.8, 4) is 0 Å². The minimum atomic E-state index is -0.738. The SMILES string of the molecule is CCCCCCN([N])c1ccc([N+](=O)[O-])cc1[N+](=O)[O-]. The zero-order valence-corrected chi connectivity index (χ0v) is 11.2. The van der Waals surface area contributed by atoms with E-state index < -0.39 is 15.5 Å². The number of rotatable bonds is 8. The summed E-state index contributed by atoms with van der Waals surface area (Å²) in [7, 11) is 0. The third-order valence-electron chi connectivity index (χ3n) is 2.87. The average molecular weight is 280 g/mol. The smallest absolute Gasteiger partial charge is 0.266 e. The van der Waals surface area contributed by atoms with E-state index in [9.17, 15) is 26.1 Å². The molecule has 8 heteroatoms. The number of anilines is 1. The van der Waals surface area contributed by atoms with Gasteiger partial charge in [-0.1, -0.05) is 26.2 Å². The maximum absolute atomic E-state index is 10.9. The first-order valence-electron chi connectivity index (χ1n) is 6.36. The Bertz CT molecular complexity index is 492. The molecule has 0 aromatic heterocycles. The Balaban J connectivity index is 2.87. The Morgan fingerprint density at radius 2 is 1.85 bits per heavy atom. The van der Waals surface area contributed by atoms with E-state index in [4.69, 9.17) is 0 Å². The van der Waals surface area contributed by atoms with E-state index in [1.54, 1.807) is 0 Å². The van der Waals surface area contributed by atoms with Gasteiger partial charge in [-0.25, -0.2) is 0 Å². The Labute approximate surface area is 116 Å². The Morgan fingerprint density at radius 3 is 2.40 bits per heavy atom. The van der Waals surface area contributed by atoms with Gasteiger partial charge < -0.3 is 0 Å². The first kappa shape index (κ1) is 15.8. The van der Waals surface area contributed by atoms with Crippen LogP contribution in [-0.2, 0) is 0 Å². The number of nitro benzene ring substituents is 2. The van der Waals surface area contributed by atoms with Crippen LogP contribution in [0.5, 0.6) is 0 Å². The van der Waals surface area contributed by atoms with Crippen LogP contribution in [0.4, 0.5) is 17.1 Å². The molecule has 8 nitrogen and oxygen atoms in total. The average Bonchev–Trinajstić information content (AvgIpc) is 2.42. The highest BCUT2D eigenvalue weighted by molar-refractivity contribution is 5.65. The Kier molecular flexibility index (Phi) is 5.85. The van der Waals surface area contributed by atoms with E-state index in [2.05, 4.69) is 6.92 Å². The quantitative estimate of drug-likeness (QED) is 0.413. The first-order chi connectivity index (χ1) is 9.47. The van der Waals surface area contributed by atoms with Gasteiger partial charge in [-0.15, -0.1) is 0 Å². The molecule has 20 heavy (non-hydrogen) atoms. The molecule has 0 aliphatic carbocycles. The highest BCUT2D eigenvalue weighted by Crippen LogP contribution is 2.31. The molecule has 1 aromatic carbocycles. The van der Waals surface area contributed by atoms with E-state index in [0.29, 0.717) is 6.42 Å². The van der Waals surface area contributed by atoms with Crippen LogP contribution in [0.15, 0.2) is 18.2 Å². The largest absolute Gasteiger partial charge is 0.300 e. The normalized spacial score (nSPS) is 10.3. The molecule has 2 radical (unpaired) electrons. The molecule has 1 aromatic rings. The summed E-state index contributed by atoms with van der Waals surface area (Å²) in [6.07, 6.45) is 3.67. The second-order valence-corrected chi connectivity index (χ2v) is 4.37. The molecule has 1 rings (SSSR count). The number of hydrogen-bond acceptors (Lipinski definition) is 5. The molecular formula is C12H16N4O4. The monoisotopic (exact) mass is 280 g/mol. The fraction of sp³-hybridized carbons (Fsp3) is 0.500. The van der Waals surface area contributed by atoms with Crippen LogP contribution in [0.1, 0.15) is 32.6 Å². The molecule has 0 heterocycles. The molecule has 0 atom stereocenters. The lowest BCUT2D eigenvalue weighted by Gasteiger charge is -2.15. The van der Waals surface area contributed by atoms with E-state index in [-0.39, 0.29) is 17.9 Å². The maximum Gasteiger partial charge on any atom is 0.300 e. The molecule has 0 saturated carbocycles. The fourth-order valence-electron chi connectivity index (χ4n) is 1.80. The van der Waals surface area contributed by atoms with Crippen molar-refractivity contribution in [2.75, 3.05) is 11.6 Å². The molecule has 108 valence electrons. The lowest BCUT2D eigenvalue weighted by atomic mass is 10.2. The summed E-state index contributed by atoms with van der Waals surface area (Å²) in [5.74, 6) is 9.84. The standard InChI is InChI=1S/C12H16N4O4/c1-2-3-4-5-8-14(13)11-7-6-10(15(17)18)9-12(11)16(19)20/h6-7,9H,2-5,8H2,1H3. The predicted molar refractivity (Wildman–Crippen MR) is 73.4 cm³/mol. The van der Waals surface area contributed by atoms with Crippen molar-refractivity contribution in [3.63, 3.8) is 0 Å². The summed E-state index contributed by atoms with van der Waals surface area (Å²) in [5, 5.41) is 22.3. The van der Waals surface area contributed by atoms with Crippen LogP contribution < -0.4 is 10.9 Å². The van der Waals surface area contributed by atoms with Crippen LogP contribution >= 0.6 is 0 Å². The molecule has 0 aliphatic rings. The third-order valence-corrected chi connectivity index (χ3v) is 2.87. The number of nitrogens with zero attached hydrogens (tertiary/aromatic N) is 4. The van der Waals surface area contributed by atoms with Gasteiger partial charge in [0.1, 0.15) is 5.69 Å². The van der Waals surface area contributed by atoms with Gasteiger partial charge in [0.25, 0.3) is 5.69 Å². The highest BCUT2D eigenvalue weighted by atomic mass is 16.6. The molecule has 0 N–H and O–H groups in total. The molecule has 0 unspecified atom stereocenters. The summed E-state index contributed by atoms with van der Waals surface area (Å²) < 4.78 is 0. The number of benzene rings is 1. The first-order valence-corrected chi connectivity index (χ1v) is 6.36. The highest BCUT2D eigenvalue weighted by Gasteiger charge is 2.22.